The maximum Gasteiger partial charge on any atom is 0.416 e. The first-order valence-corrected chi connectivity index (χ1v) is 9.40. The smallest absolute Gasteiger partial charge is 0.416 e. The Morgan fingerprint density at radius 3 is 2.69 bits per heavy atom. The van der Waals surface area contributed by atoms with E-state index in [-0.39, 0.29) is 0 Å². The van der Waals surface area contributed by atoms with E-state index < -0.39 is 11.7 Å². The second-order valence-electron chi connectivity index (χ2n) is 6.83. The fraction of sp³-hybridized carbons (Fsp3) is 0.227. The monoisotopic (exact) mass is 399 g/mol. The molecule has 7 heteroatoms. The van der Waals surface area contributed by atoms with E-state index >= 15 is 0 Å². The van der Waals surface area contributed by atoms with Crippen molar-refractivity contribution in [2.75, 3.05) is 6.54 Å². The normalized spacial score (nSPS) is 12.0. The molecule has 4 aromatic rings. The number of halogens is 3. The fourth-order valence-corrected chi connectivity index (χ4v) is 3.19. The van der Waals surface area contributed by atoms with Gasteiger partial charge in [0.05, 0.1) is 23.1 Å². The third-order valence-electron chi connectivity index (χ3n) is 4.64. The van der Waals surface area contributed by atoms with E-state index in [2.05, 4.69) is 15.3 Å². The zero-order valence-corrected chi connectivity index (χ0v) is 15.6. The minimum Gasteiger partial charge on any atom is -0.460 e. The van der Waals surface area contributed by atoms with Crippen LogP contribution in [0.25, 0.3) is 22.4 Å². The second kappa shape index (κ2) is 8.13. The highest BCUT2D eigenvalue weighted by Gasteiger charge is 2.30. The summed E-state index contributed by atoms with van der Waals surface area (Å²) >= 11 is 0. The first-order chi connectivity index (χ1) is 14.0. The summed E-state index contributed by atoms with van der Waals surface area (Å²) in [6, 6.07) is 16.5. The van der Waals surface area contributed by atoms with Gasteiger partial charge in [0.2, 0.25) is 0 Å². The average Bonchev–Trinajstić information content (AvgIpc) is 3.34. The van der Waals surface area contributed by atoms with Crippen molar-refractivity contribution in [1.82, 2.24) is 15.3 Å². The second-order valence-corrected chi connectivity index (χ2v) is 6.83. The van der Waals surface area contributed by atoms with Crippen LogP contribution in [0.15, 0.2) is 65.1 Å². The molecule has 0 aliphatic rings. The lowest BCUT2D eigenvalue weighted by molar-refractivity contribution is -0.137. The summed E-state index contributed by atoms with van der Waals surface area (Å²) in [4.78, 5) is 7.85. The van der Waals surface area contributed by atoms with Crippen molar-refractivity contribution in [3.8, 4) is 11.3 Å². The number of benzene rings is 2. The number of H-pyrrole nitrogens is 1. The van der Waals surface area contributed by atoms with Gasteiger partial charge in [-0.25, -0.2) is 4.98 Å². The zero-order valence-electron chi connectivity index (χ0n) is 15.6. The zero-order chi connectivity index (χ0) is 20.3. The number of nitrogens with zero attached hydrogens (tertiary/aromatic N) is 1. The number of alkyl halides is 3. The minimum atomic E-state index is -4.37. The van der Waals surface area contributed by atoms with Gasteiger partial charge in [-0.3, -0.25) is 0 Å². The van der Waals surface area contributed by atoms with Crippen LogP contribution in [0.3, 0.4) is 0 Å². The van der Waals surface area contributed by atoms with Crippen LogP contribution in [-0.2, 0) is 19.1 Å². The number of fused-ring (bicyclic) bond motifs is 1. The van der Waals surface area contributed by atoms with Crippen molar-refractivity contribution >= 4 is 11.0 Å². The van der Waals surface area contributed by atoms with Gasteiger partial charge < -0.3 is 14.7 Å². The summed E-state index contributed by atoms with van der Waals surface area (Å²) in [6.45, 7) is 1.29. The van der Waals surface area contributed by atoms with E-state index in [1.54, 1.807) is 18.2 Å². The van der Waals surface area contributed by atoms with Gasteiger partial charge in [-0.05, 0) is 49.4 Å². The molecule has 0 unspecified atom stereocenters. The molecule has 0 radical (unpaired) electrons. The Bertz CT molecular complexity index is 1060. The Balaban J connectivity index is 1.27. The molecule has 0 aliphatic heterocycles. The van der Waals surface area contributed by atoms with Gasteiger partial charge >= 0.3 is 6.18 Å². The summed E-state index contributed by atoms with van der Waals surface area (Å²) < 4.78 is 44.3. The molecule has 0 saturated carbocycles. The highest BCUT2D eigenvalue weighted by molar-refractivity contribution is 5.74. The van der Waals surface area contributed by atoms with Crippen LogP contribution in [0.5, 0.6) is 0 Å². The molecule has 2 heterocycles. The minimum absolute atomic E-state index is 0.413. The van der Waals surface area contributed by atoms with Crippen LogP contribution < -0.4 is 5.32 Å². The summed E-state index contributed by atoms with van der Waals surface area (Å²) in [5, 5.41) is 3.29. The van der Waals surface area contributed by atoms with Crippen LogP contribution in [0.2, 0.25) is 0 Å². The molecule has 0 saturated heterocycles. The van der Waals surface area contributed by atoms with E-state index in [9.17, 15) is 13.2 Å². The van der Waals surface area contributed by atoms with Gasteiger partial charge in [0.15, 0.2) is 0 Å². The van der Waals surface area contributed by atoms with Gasteiger partial charge in [-0.15, -0.1) is 0 Å². The van der Waals surface area contributed by atoms with Gasteiger partial charge in [0, 0.05) is 12.0 Å². The van der Waals surface area contributed by atoms with Crippen molar-refractivity contribution in [2.24, 2.45) is 0 Å². The molecular formula is C22H20F3N3O. The standard InChI is InChI=1S/C22H20F3N3O/c23-22(24,25)16-6-3-5-15(13-16)20-11-10-17(29-20)14-26-12-4-9-21-27-18-7-1-2-8-19(18)28-21/h1-3,5-8,10-11,13,26H,4,9,12,14H2,(H,27,28). The summed E-state index contributed by atoms with van der Waals surface area (Å²) in [5.41, 5.74) is 1.73. The number of aromatic amines is 1. The van der Waals surface area contributed by atoms with E-state index in [4.69, 9.17) is 4.42 Å². The van der Waals surface area contributed by atoms with Crippen molar-refractivity contribution in [3.05, 3.63) is 77.8 Å². The SMILES string of the molecule is FC(F)(F)c1cccc(-c2ccc(CNCCCc3nc4ccccc4[nH]3)o2)c1. The lowest BCUT2D eigenvalue weighted by Crippen LogP contribution is -2.15. The first kappa shape index (κ1) is 19.3. The molecule has 0 spiro atoms. The summed E-state index contributed by atoms with van der Waals surface area (Å²) in [6.07, 6.45) is -2.64. The molecule has 4 nitrogen and oxygen atoms in total. The third kappa shape index (κ3) is 4.68. The van der Waals surface area contributed by atoms with Gasteiger partial charge in [0.25, 0.3) is 0 Å². The fourth-order valence-electron chi connectivity index (χ4n) is 3.19. The highest BCUT2D eigenvalue weighted by atomic mass is 19.4. The van der Waals surface area contributed by atoms with Crippen LogP contribution in [0, 0.1) is 0 Å². The number of hydrogen-bond donors (Lipinski definition) is 2. The Morgan fingerprint density at radius 1 is 1.00 bits per heavy atom. The Kier molecular flexibility index (Phi) is 5.40. The molecule has 29 heavy (non-hydrogen) atoms. The first-order valence-electron chi connectivity index (χ1n) is 9.40. The summed E-state index contributed by atoms with van der Waals surface area (Å²) in [7, 11) is 0. The molecular weight excluding hydrogens is 379 g/mol. The van der Waals surface area contributed by atoms with Crippen molar-refractivity contribution in [1.29, 1.82) is 0 Å². The Morgan fingerprint density at radius 2 is 1.86 bits per heavy atom. The van der Waals surface area contributed by atoms with E-state index in [0.717, 1.165) is 48.4 Å². The molecule has 0 fully saturated rings. The maximum atomic E-state index is 12.9. The molecule has 150 valence electrons. The topological polar surface area (TPSA) is 53.9 Å². The molecule has 0 atom stereocenters. The quantitative estimate of drug-likeness (QED) is 0.400. The van der Waals surface area contributed by atoms with Crippen LogP contribution >= 0.6 is 0 Å². The molecule has 0 amide bonds. The number of nitrogens with one attached hydrogen (secondary N) is 2. The van der Waals surface area contributed by atoms with Crippen molar-refractivity contribution < 1.29 is 17.6 Å². The van der Waals surface area contributed by atoms with E-state index in [1.807, 2.05) is 24.3 Å². The number of aryl methyl sites for hydroxylation is 1. The number of furan rings is 1. The molecule has 2 N–H and O–H groups in total. The van der Waals surface area contributed by atoms with Crippen molar-refractivity contribution in [3.63, 3.8) is 0 Å². The van der Waals surface area contributed by atoms with Gasteiger partial charge in [-0.2, -0.15) is 13.2 Å². The molecule has 4 rings (SSSR count). The lowest BCUT2D eigenvalue weighted by Gasteiger charge is -2.07. The lowest BCUT2D eigenvalue weighted by atomic mass is 10.1. The highest BCUT2D eigenvalue weighted by Crippen LogP contribution is 2.32. The predicted molar refractivity (Wildman–Crippen MR) is 105 cm³/mol. The predicted octanol–water partition coefficient (Wildman–Crippen LogP) is 5.56. The molecule has 0 aliphatic carbocycles. The Hall–Kier alpha value is -3.06. The molecule has 0 bridgehead atoms. The largest absolute Gasteiger partial charge is 0.460 e. The summed E-state index contributed by atoms with van der Waals surface area (Å²) in [5.74, 6) is 2.06. The Labute approximate surface area is 165 Å². The van der Waals surface area contributed by atoms with E-state index in [1.165, 1.54) is 6.07 Å². The number of imidazole rings is 1. The number of aromatic nitrogens is 2. The van der Waals surface area contributed by atoms with Crippen molar-refractivity contribution in [2.45, 2.75) is 25.6 Å². The number of rotatable bonds is 7. The number of para-hydroxylation sites is 2. The molecule has 2 aromatic carbocycles. The third-order valence-corrected chi connectivity index (χ3v) is 4.64. The van der Waals surface area contributed by atoms with Crippen LogP contribution in [0.4, 0.5) is 13.2 Å². The van der Waals surface area contributed by atoms with E-state index in [0.29, 0.717) is 23.6 Å². The van der Waals surface area contributed by atoms with Crippen LogP contribution in [0.1, 0.15) is 23.6 Å². The average molecular weight is 399 g/mol. The molecule has 2 aromatic heterocycles. The van der Waals surface area contributed by atoms with Gasteiger partial charge in [0.1, 0.15) is 17.3 Å². The van der Waals surface area contributed by atoms with Crippen LogP contribution in [-0.4, -0.2) is 16.5 Å². The van der Waals surface area contributed by atoms with Gasteiger partial charge in [-0.1, -0.05) is 24.3 Å². The maximum absolute atomic E-state index is 12.9. The number of hydrogen-bond acceptors (Lipinski definition) is 3.